The van der Waals surface area contributed by atoms with Gasteiger partial charge < -0.3 is 9.47 Å². The van der Waals surface area contributed by atoms with E-state index in [1.54, 1.807) is 12.1 Å². The highest BCUT2D eigenvalue weighted by Gasteiger charge is 2.08. The largest absolute Gasteiger partial charge is 0.462 e. The fourth-order valence-electron chi connectivity index (χ4n) is 1.48. The van der Waals surface area contributed by atoms with Crippen molar-refractivity contribution in [2.45, 2.75) is 32.7 Å². The van der Waals surface area contributed by atoms with Crippen molar-refractivity contribution in [3.05, 3.63) is 37.2 Å². The zero-order valence-electron chi connectivity index (χ0n) is 11.7. The van der Waals surface area contributed by atoms with Crippen LogP contribution in [-0.2, 0) is 20.9 Å². The zero-order valence-corrected chi connectivity index (χ0v) is 11.7. The number of nitrogens with zero attached hydrogens (tertiary/aromatic N) is 1. The lowest BCUT2D eigenvalue weighted by Crippen LogP contribution is -2.32. The molecule has 0 atom stereocenters. The van der Waals surface area contributed by atoms with Crippen LogP contribution in [-0.4, -0.2) is 18.5 Å². The van der Waals surface area contributed by atoms with Crippen molar-refractivity contribution in [3.8, 4) is 5.75 Å². The summed E-state index contributed by atoms with van der Waals surface area (Å²) < 4.78 is 11.9. The number of unbranched alkanes of at least 4 members (excludes halogenated alkanes) is 1. The molecule has 0 spiro atoms. The summed E-state index contributed by atoms with van der Waals surface area (Å²) >= 11 is 0. The third-order valence-electron chi connectivity index (χ3n) is 2.58. The molecule has 108 valence electrons. The van der Waals surface area contributed by atoms with E-state index in [2.05, 4.69) is 13.5 Å². The van der Waals surface area contributed by atoms with E-state index < -0.39 is 11.9 Å². The molecule has 5 heteroatoms. The summed E-state index contributed by atoms with van der Waals surface area (Å²) in [5.74, 6) is -0.500. The van der Waals surface area contributed by atoms with Crippen molar-refractivity contribution in [2.75, 3.05) is 6.61 Å². The van der Waals surface area contributed by atoms with Gasteiger partial charge in [-0.15, -0.1) is 0 Å². The molecule has 20 heavy (non-hydrogen) atoms. The number of pyridine rings is 1. The van der Waals surface area contributed by atoms with Gasteiger partial charge in [0.2, 0.25) is 0 Å². The number of hydrogen-bond donors (Lipinski definition) is 0. The Labute approximate surface area is 118 Å². The minimum Gasteiger partial charge on any atom is -0.462 e. The number of carbonyl (C=O) groups excluding carboxylic acids is 2. The fraction of sp³-hybridized carbons (Fsp3) is 0.400. The molecule has 0 aromatic carbocycles. The van der Waals surface area contributed by atoms with E-state index in [-0.39, 0.29) is 13.0 Å². The molecule has 0 fully saturated rings. The Bertz CT molecular complexity index is 453. The maximum atomic E-state index is 11.5. The highest BCUT2D eigenvalue weighted by atomic mass is 16.5. The number of esters is 2. The van der Waals surface area contributed by atoms with Gasteiger partial charge in [0.25, 0.3) is 0 Å². The molecule has 1 aromatic heterocycles. The van der Waals surface area contributed by atoms with Crippen LogP contribution < -0.4 is 9.30 Å². The van der Waals surface area contributed by atoms with E-state index in [0.717, 1.165) is 25.5 Å². The molecule has 0 saturated carbocycles. The molecule has 0 bridgehead atoms. The number of ether oxygens (including phenoxy) is 2. The molecule has 0 aliphatic heterocycles. The van der Waals surface area contributed by atoms with Crippen LogP contribution in [0.1, 0.15) is 26.2 Å². The van der Waals surface area contributed by atoms with Crippen molar-refractivity contribution in [3.63, 3.8) is 0 Å². The van der Waals surface area contributed by atoms with Crippen LogP contribution in [0.2, 0.25) is 0 Å². The monoisotopic (exact) mass is 278 g/mol. The van der Waals surface area contributed by atoms with Gasteiger partial charge in [-0.25, -0.2) is 9.36 Å². The third-order valence-corrected chi connectivity index (χ3v) is 2.58. The second-order valence-electron chi connectivity index (χ2n) is 4.22. The molecule has 0 unspecified atom stereocenters. The molecule has 0 aliphatic rings. The summed E-state index contributed by atoms with van der Waals surface area (Å²) in [6, 6.07) is 3.48. The minimum atomic E-state index is -0.547. The van der Waals surface area contributed by atoms with E-state index in [0.29, 0.717) is 5.75 Å². The van der Waals surface area contributed by atoms with Gasteiger partial charge in [-0.3, -0.25) is 4.79 Å². The van der Waals surface area contributed by atoms with Crippen molar-refractivity contribution in [1.29, 1.82) is 0 Å². The highest BCUT2D eigenvalue weighted by Crippen LogP contribution is 2.07. The van der Waals surface area contributed by atoms with Crippen molar-refractivity contribution in [2.24, 2.45) is 0 Å². The maximum absolute atomic E-state index is 11.5. The van der Waals surface area contributed by atoms with Crippen LogP contribution in [0.4, 0.5) is 0 Å². The summed E-state index contributed by atoms with van der Waals surface area (Å²) in [5.41, 5.74) is 0. The molecule has 0 saturated heterocycles. The van der Waals surface area contributed by atoms with Gasteiger partial charge >= 0.3 is 11.9 Å². The Balaban J connectivity index is 2.34. The molecule has 5 nitrogen and oxygen atoms in total. The Morgan fingerprint density at radius 2 is 2.05 bits per heavy atom. The van der Waals surface area contributed by atoms with Crippen molar-refractivity contribution < 1.29 is 23.6 Å². The Morgan fingerprint density at radius 3 is 2.65 bits per heavy atom. The lowest BCUT2D eigenvalue weighted by atomic mass is 10.3. The van der Waals surface area contributed by atoms with E-state index in [9.17, 15) is 9.59 Å². The van der Waals surface area contributed by atoms with Gasteiger partial charge in [0.05, 0.1) is 6.42 Å². The quantitative estimate of drug-likeness (QED) is 0.413. The summed E-state index contributed by atoms with van der Waals surface area (Å²) in [6.07, 6.45) is 7.06. The first kappa shape index (κ1) is 15.9. The fourth-order valence-corrected chi connectivity index (χ4v) is 1.48. The summed E-state index contributed by atoms with van der Waals surface area (Å²) in [7, 11) is 0. The van der Waals surface area contributed by atoms with Crippen LogP contribution in [0.3, 0.4) is 0 Å². The SMILES string of the molecule is C=CC(=O)OCCC(=O)Oc1cc[n+](CCCC)cc1. The molecule has 0 aliphatic carbocycles. The number of aromatic nitrogens is 1. The zero-order chi connectivity index (χ0) is 14.8. The lowest BCUT2D eigenvalue weighted by Gasteiger charge is -2.04. The second-order valence-corrected chi connectivity index (χ2v) is 4.22. The van der Waals surface area contributed by atoms with Gasteiger partial charge in [0.1, 0.15) is 18.9 Å². The summed E-state index contributed by atoms with van der Waals surface area (Å²) in [5, 5.41) is 0. The number of carbonyl (C=O) groups is 2. The standard InChI is InChI=1S/C15H20NO4/c1-3-5-9-16-10-6-13(7-11-16)20-15(18)8-12-19-14(17)4-2/h4,6-7,10-11H,2-3,5,8-9,12H2,1H3/q+1. The van der Waals surface area contributed by atoms with Gasteiger partial charge in [-0.1, -0.05) is 19.9 Å². The van der Waals surface area contributed by atoms with Crippen LogP contribution >= 0.6 is 0 Å². The highest BCUT2D eigenvalue weighted by molar-refractivity contribution is 5.81. The van der Waals surface area contributed by atoms with E-state index in [1.807, 2.05) is 17.0 Å². The predicted octanol–water partition coefficient (Wildman–Crippen LogP) is 1.80. The average molecular weight is 278 g/mol. The molecule has 1 heterocycles. The third kappa shape index (κ3) is 6.13. The molecule has 1 rings (SSSR count). The minimum absolute atomic E-state index is 0.00692. The number of aryl methyl sites for hydroxylation is 1. The van der Waals surface area contributed by atoms with Gasteiger partial charge in [0.15, 0.2) is 12.4 Å². The van der Waals surface area contributed by atoms with Crippen LogP contribution in [0.5, 0.6) is 5.75 Å². The Kier molecular flexibility index (Phi) is 7.03. The smallest absolute Gasteiger partial charge is 0.330 e. The van der Waals surface area contributed by atoms with E-state index in [4.69, 9.17) is 9.47 Å². The van der Waals surface area contributed by atoms with Crippen molar-refractivity contribution >= 4 is 11.9 Å². The van der Waals surface area contributed by atoms with Crippen LogP contribution in [0, 0.1) is 0 Å². The molecule has 0 amide bonds. The molecule has 1 aromatic rings. The predicted molar refractivity (Wildman–Crippen MR) is 73.0 cm³/mol. The Hall–Kier alpha value is -2.17. The first-order valence-corrected chi connectivity index (χ1v) is 6.64. The topological polar surface area (TPSA) is 56.5 Å². The van der Waals surface area contributed by atoms with Gasteiger partial charge in [0, 0.05) is 24.6 Å². The van der Waals surface area contributed by atoms with Crippen LogP contribution in [0.25, 0.3) is 0 Å². The molecular weight excluding hydrogens is 258 g/mol. The number of rotatable bonds is 8. The molecule has 0 radical (unpaired) electrons. The van der Waals surface area contributed by atoms with Gasteiger partial charge in [-0.05, 0) is 0 Å². The summed E-state index contributed by atoms with van der Waals surface area (Å²) in [6.45, 7) is 6.34. The second kappa shape index (κ2) is 8.85. The van der Waals surface area contributed by atoms with E-state index >= 15 is 0 Å². The normalized spacial score (nSPS) is 9.85. The first-order chi connectivity index (χ1) is 9.65. The molecule has 0 N–H and O–H groups in total. The van der Waals surface area contributed by atoms with E-state index in [1.165, 1.54) is 0 Å². The summed E-state index contributed by atoms with van der Waals surface area (Å²) in [4.78, 5) is 22.3. The van der Waals surface area contributed by atoms with Crippen molar-refractivity contribution in [1.82, 2.24) is 0 Å². The maximum Gasteiger partial charge on any atom is 0.330 e. The van der Waals surface area contributed by atoms with Crippen LogP contribution in [0.15, 0.2) is 37.2 Å². The number of hydrogen-bond acceptors (Lipinski definition) is 4. The Morgan fingerprint density at radius 1 is 1.35 bits per heavy atom. The average Bonchev–Trinajstić information content (AvgIpc) is 2.46. The lowest BCUT2D eigenvalue weighted by molar-refractivity contribution is -0.697. The molecular formula is C15H20NO4+. The first-order valence-electron chi connectivity index (χ1n) is 6.64. The van der Waals surface area contributed by atoms with Gasteiger partial charge in [-0.2, -0.15) is 0 Å².